The summed E-state index contributed by atoms with van der Waals surface area (Å²) in [6, 6.07) is 25.6. The van der Waals surface area contributed by atoms with Gasteiger partial charge >= 0.3 is 6.01 Å². The van der Waals surface area contributed by atoms with Crippen molar-refractivity contribution in [1.29, 1.82) is 0 Å². The van der Waals surface area contributed by atoms with E-state index in [2.05, 4.69) is 49.8 Å². The van der Waals surface area contributed by atoms with Crippen LogP contribution in [0.2, 0.25) is 0 Å². The molecule has 0 radical (unpaired) electrons. The fourth-order valence-corrected chi connectivity index (χ4v) is 4.58. The molecule has 3 heterocycles. The first-order valence-corrected chi connectivity index (χ1v) is 12.3. The van der Waals surface area contributed by atoms with E-state index in [1.165, 1.54) is 5.69 Å². The Morgan fingerprint density at radius 1 is 0.865 bits per heavy atom. The molecule has 3 aromatic carbocycles. The third-order valence-corrected chi connectivity index (χ3v) is 6.66. The quantitative estimate of drug-likeness (QED) is 0.437. The maximum absolute atomic E-state index is 13.1. The van der Waals surface area contributed by atoms with Crippen LogP contribution in [0.1, 0.15) is 11.1 Å². The molecule has 0 aliphatic carbocycles. The minimum absolute atomic E-state index is 0.125. The number of benzodiazepines with no additional fused rings is 1. The van der Waals surface area contributed by atoms with Crippen LogP contribution in [0.3, 0.4) is 0 Å². The SMILES string of the molecule is CN1CCN(c2ccc(-c3nnc(N[C@H]4N=C(c5ccccc5)c5ccccc5NC4=O)o3)cc2)CC1. The van der Waals surface area contributed by atoms with Gasteiger partial charge in [-0.25, -0.2) is 4.99 Å². The Hall–Kier alpha value is -4.50. The first kappa shape index (κ1) is 22.9. The number of nitrogens with one attached hydrogen (secondary N) is 2. The van der Waals surface area contributed by atoms with Crippen LogP contribution in [-0.2, 0) is 4.79 Å². The molecule has 1 saturated heterocycles. The van der Waals surface area contributed by atoms with Crippen molar-refractivity contribution in [3.05, 3.63) is 90.0 Å². The van der Waals surface area contributed by atoms with Gasteiger partial charge in [-0.1, -0.05) is 53.6 Å². The number of anilines is 3. The molecular weight excluding hydrogens is 466 g/mol. The van der Waals surface area contributed by atoms with Gasteiger partial charge in [-0.15, -0.1) is 5.10 Å². The molecule has 0 saturated carbocycles. The third kappa shape index (κ3) is 4.81. The largest absolute Gasteiger partial charge is 0.403 e. The number of carbonyl (C=O) groups excluding carboxylic acids is 1. The van der Waals surface area contributed by atoms with Crippen molar-refractivity contribution >= 4 is 29.0 Å². The molecule has 1 aromatic heterocycles. The standard InChI is InChI=1S/C28H27N7O2/c1-34-15-17-35(18-16-34)21-13-11-20(12-14-21)27-32-33-28(37-27)31-25-26(36)29-23-10-6-5-9-22(23)24(30-25)19-7-3-2-4-8-19/h2-14,25H,15-18H2,1H3,(H,29,36)(H,31,33)/t25-/m1/s1. The summed E-state index contributed by atoms with van der Waals surface area (Å²) in [5.74, 6) is 0.0617. The van der Waals surface area contributed by atoms with Crippen molar-refractivity contribution in [3.8, 4) is 11.5 Å². The first-order valence-electron chi connectivity index (χ1n) is 12.3. The highest BCUT2D eigenvalue weighted by Crippen LogP contribution is 2.27. The van der Waals surface area contributed by atoms with Crippen LogP contribution in [-0.4, -0.2) is 66.1 Å². The molecule has 186 valence electrons. The van der Waals surface area contributed by atoms with Crippen LogP contribution in [0.4, 0.5) is 17.4 Å². The van der Waals surface area contributed by atoms with E-state index < -0.39 is 6.17 Å². The highest BCUT2D eigenvalue weighted by Gasteiger charge is 2.27. The lowest BCUT2D eigenvalue weighted by molar-refractivity contribution is -0.116. The van der Waals surface area contributed by atoms with Gasteiger partial charge in [0.2, 0.25) is 12.1 Å². The number of para-hydroxylation sites is 1. The molecule has 0 spiro atoms. The highest BCUT2D eigenvalue weighted by molar-refractivity contribution is 6.19. The molecule has 1 fully saturated rings. The van der Waals surface area contributed by atoms with Crippen LogP contribution in [0.25, 0.3) is 11.5 Å². The number of hydrogen-bond donors (Lipinski definition) is 2. The Balaban J connectivity index is 1.23. The normalized spacial score (nSPS) is 18.0. The number of aliphatic imine (C=N–C) groups is 1. The molecule has 6 rings (SSSR count). The van der Waals surface area contributed by atoms with E-state index in [9.17, 15) is 4.79 Å². The first-order chi connectivity index (χ1) is 18.1. The van der Waals surface area contributed by atoms with Gasteiger partial charge < -0.3 is 24.9 Å². The van der Waals surface area contributed by atoms with Crippen LogP contribution >= 0.6 is 0 Å². The van der Waals surface area contributed by atoms with Gasteiger partial charge in [0, 0.05) is 48.6 Å². The number of likely N-dealkylation sites (N-methyl/N-ethyl adjacent to an activating group) is 1. The molecule has 0 bridgehead atoms. The van der Waals surface area contributed by atoms with Crippen molar-refractivity contribution in [3.63, 3.8) is 0 Å². The number of benzene rings is 3. The Morgan fingerprint density at radius 3 is 2.38 bits per heavy atom. The van der Waals surface area contributed by atoms with Crippen molar-refractivity contribution in [1.82, 2.24) is 15.1 Å². The zero-order chi connectivity index (χ0) is 25.2. The summed E-state index contributed by atoms with van der Waals surface area (Å²) in [7, 11) is 2.15. The number of carbonyl (C=O) groups is 1. The van der Waals surface area contributed by atoms with E-state index in [0.29, 0.717) is 17.3 Å². The molecule has 2 N–H and O–H groups in total. The van der Waals surface area contributed by atoms with Crippen molar-refractivity contribution in [2.24, 2.45) is 4.99 Å². The smallest absolute Gasteiger partial charge is 0.317 e. The Bertz CT molecular complexity index is 1420. The maximum Gasteiger partial charge on any atom is 0.317 e. The van der Waals surface area contributed by atoms with E-state index in [-0.39, 0.29) is 11.9 Å². The number of rotatable bonds is 5. The van der Waals surface area contributed by atoms with E-state index in [1.807, 2.05) is 66.7 Å². The molecule has 4 aromatic rings. The summed E-state index contributed by atoms with van der Waals surface area (Å²) in [5, 5.41) is 14.3. The maximum atomic E-state index is 13.1. The second kappa shape index (κ2) is 9.87. The molecular formula is C28H27N7O2. The lowest BCUT2D eigenvalue weighted by Gasteiger charge is -2.34. The van der Waals surface area contributed by atoms with Crippen LogP contribution in [0, 0.1) is 0 Å². The number of amides is 1. The summed E-state index contributed by atoms with van der Waals surface area (Å²) in [6.07, 6.45) is -0.949. The van der Waals surface area contributed by atoms with E-state index in [1.54, 1.807) is 0 Å². The topological polar surface area (TPSA) is 98.9 Å². The van der Waals surface area contributed by atoms with Gasteiger partial charge in [-0.3, -0.25) is 4.79 Å². The van der Waals surface area contributed by atoms with Crippen molar-refractivity contribution < 1.29 is 9.21 Å². The predicted octanol–water partition coefficient (Wildman–Crippen LogP) is 3.72. The molecule has 1 atom stereocenters. The summed E-state index contributed by atoms with van der Waals surface area (Å²) in [5.41, 5.74) is 5.14. The van der Waals surface area contributed by atoms with Gasteiger partial charge in [-0.05, 0) is 37.4 Å². The van der Waals surface area contributed by atoms with Gasteiger partial charge in [-0.2, -0.15) is 0 Å². The fourth-order valence-electron chi connectivity index (χ4n) is 4.58. The summed E-state index contributed by atoms with van der Waals surface area (Å²) < 4.78 is 5.88. The number of aromatic nitrogens is 2. The molecule has 9 nitrogen and oxygen atoms in total. The number of piperazine rings is 1. The minimum Gasteiger partial charge on any atom is -0.403 e. The number of fused-ring (bicyclic) bond motifs is 1. The summed E-state index contributed by atoms with van der Waals surface area (Å²) in [6.45, 7) is 4.11. The molecule has 9 heteroatoms. The van der Waals surface area contributed by atoms with E-state index in [0.717, 1.165) is 42.9 Å². The zero-order valence-electron chi connectivity index (χ0n) is 20.5. The monoisotopic (exact) mass is 493 g/mol. The van der Waals surface area contributed by atoms with Gasteiger partial charge in [0.15, 0.2) is 0 Å². The average molecular weight is 494 g/mol. The second-order valence-corrected chi connectivity index (χ2v) is 9.18. The van der Waals surface area contributed by atoms with Crippen LogP contribution < -0.4 is 15.5 Å². The van der Waals surface area contributed by atoms with Gasteiger partial charge in [0.25, 0.3) is 5.91 Å². The zero-order valence-corrected chi connectivity index (χ0v) is 20.5. The average Bonchev–Trinajstić information content (AvgIpc) is 3.35. The second-order valence-electron chi connectivity index (χ2n) is 9.18. The van der Waals surface area contributed by atoms with Crippen LogP contribution in [0.15, 0.2) is 88.3 Å². The Morgan fingerprint density at radius 2 is 1.59 bits per heavy atom. The lowest BCUT2D eigenvalue weighted by Crippen LogP contribution is -2.44. The van der Waals surface area contributed by atoms with E-state index >= 15 is 0 Å². The van der Waals surface area contributed by atoms with Crippen molar-refractivity contribution in [2.75, 3.05) is 48.8 Å². The molecule has 2 aliphatic heterocycles. The molecule has 0 unspecified atom stereocenters. The molecule has 1 amide bonds. The molecule has 2 aliphatic rings. The summed E-state index contributed by atoms with van der Waals surface area (Å²) >= 11 is 0. The van der Waals surface area contributed by atoms with Crippen LogP contribution in [0.5, 0.6) is 0 Å². The Labute approximate surface area is 214 Å². The molecule has 37 heavy (non-hydrogen) atoms. The van der Waals surface area contributed by atoms with E-state index in [4.69, 9.17) is 9.41 Å². The predicted molar refractivity (Wildman–Crippen MR) is 144 cm³/mol. The third-order valence-electron chi connectivity index (χ3n) is 6.66. The van der Waals surface area contributed by atoms with Gasteiger partial charge in [0.05, 0.1) is 11.4 Å². The highest BCUT2D eigenvalue weighted by atomic mass is 16.4. The number of hydrogen-bond acceptors (Lipinski definition) is 8. The fraction of sp³-hybridized carbons (Fsp3) is 0.214. The Kier molecular flexibility index (Phi) is 6.11. The summed E-state index contributed by atoms with van der Waals surface area (Å²) in [4.78, 5) is 22.5. The number of nitrogens with zero attached hydrogens (tertiary/aromatic N) is 5. The van der Waals surface area contributed by atoms with Gasteiger partial charge in [0.1, 0.15) is 0 Å². The lowest BCUT2D eigenvalue weighted by atomic mass is 10.0. The van der Waals surface area contributed by atoms with Crippen molar-refractivity contribution in [2.45, 2.75) is 6.17 Å². The minimum atomic E-state index is -0.949.